The fraction of sp³-hybridized carbons (Fsp3) is 0.167. The molecule has 1 rings (SSSR count). The van der Waals surface area contributed by atoms with Crippen LogP contribution in [0.15, 0.2) is 46.7 Å². The monoisotopic (exact) mass is 236 g/mol. The van der Waals surface area contributed by atoms with Crippen molar-refractivity contribution in [2.75, 3.05) is 0 Å². The number of aliphatic hydroxyl groups is 1. The van der Waals surface area contributed by atoms with Crippen LogP contribution in [0, 0.1) is 11.8 Å². The van der Waals surface area contributed by atoms with Gasteiger partial charge in [0, 0.05) is 5.41 Å². The molecule has 0 saturated heterocycles. The van der Waals surface area contributed by atoms with Gasteiger partial charge in [0.05, 0.1) is 4.90 Å². The average Bonchev–Trinajstić information content (AvgIpc) is 2.26. The zero-order chi connectivity index (χ0) is 12.0. The molecule has 4 heteroatoms. The van der Waals surface area contributed by atoms with Gasteiger partial charge < -0.3 is 5.11 Å². The quantitative estimate of drug-likeness (QED) is 0.789. The first kappa shape index (κ1) is 12.5. The van der Waals surface area contributed by atoms with E-state index in [4.69, 9.17) is 5.11 Å². The number of aliphatic hydroxyl groups excluding tert-OH is 1. The molecule has 0 radical (unpaired) electrons. The van der Waals surface area contributed by atoms with Crippen molar-refractivity contribution < 1.29 is 13.5 Å². The molecule has 1 aromatic rings. The van der Waals surface area contributed by atoms with Gasteiger partial charge in [-0.25, -0.2) is 8.42 Å². The predicted molar refractivity (Wildman–Crippen MR) is 62.2 cm³/mol. The second-order valence-corrected chi connectivity index (χ2v) is 4.96. The summed E-state index contributed by atoms with van der Waals surface area (Å²) in [5.41, 5.74) is 0. The van der Waals surface area contributed by atoms with Crippen molar-refractivity contribution in [2.24, 2.45) is 0 Å². The topological polar surface area (TPSA) is 54.4 Å². The van der Waals surface area contributed by atoms with Crippen LogP contribution in [0.2, 0.25) is 0 Å². The minimum Gasteiger partial charge on any atom is -0.381 e. The van der Waals surface area contributed by atoms with Crippen molar-refractivity contribution in [2.45, 2.75) is 17.9 Å². The molecule has 0 amide bonds. The Balaban J connectivity index is 2.87. The van der Waals surface area contributed by atoms with Gasteiger partial charge in [-0.1, -0.05) is 30.0 Å². The first-order valence-electron chi connectivity index (χ1n) is 4.68. The van der Waals surface area contributed by atoms with E-state index < -0.39 is 15.9 Å². The van der Waals surface area contributed by atoms with E-state index in [1.165, 1.54) is 25.1 Å². The van der Waals surface area contributed by atoms with Crippen molar-refractivity contribution in [1.82, 2.24) is 0 Å². The van der Waals surface area contributed by atoms with Crippen molar-refractivity contribution in [3.8, 4) is 11.8 Å². The van der Waals surface area contributed by atoms with Crippen LogP contribution in [0.1, 0.15) is 6.92 Å². The van der Waals surface area contributed by atoms with Crippen molar-refractivity contribution in [3.05, 3.63) is 41.8 Å². The van der Waals surface area contributed by atoms with Gasteiger partial charge in [-0.3, -0.25) is 0 Å². The summed E-state index contributed by atoms with van der Waals surface area (Å²) < 4.78 is 23.3. The number of rotatable bonds is 2. The van der Waals surface area contributed by atoms with E-state index in [2.05, 4.69) is 11.8 Å². The molecule has 16 heavy (non-hydrogen) atoms. The molecular weight excluding hydrogens is 224 g/mol. The van der Waals surface area contributed by atoms with E-state index in [1.54, 1.807) is 18.2 Å². The summed E-state index contributed by atoms with van der Waals surface area (Å²) in [7, 11) is -3.42. The molecule has 0 saturated carbocycles. The van der Waals surface area contributed by atoms with Crippen LogP contribution in [-0.4, -0.2) is 19.6 Å². The predicted octanol–water partition coefficient (Wildman–Crippen LogP) is 1.36. The van der Waals surface area contributed by atoms with Gasteiger partial charge >= 0.3 is 0 Å². The lowest BCUT2D eigenvalue weighted by atomic mass is 10.4. The van der Waals surface area contributed by atoms with Crippen LogP contribution in [0.3, 0.4) is 0 Å². The van der Waals surface area contributed by atoms with Gasteiger partial charge in [-0.2, -0.15) is 0 Å². The molecule has 1 unspecified atom stereocenters. The van der Waals surface area contributed by atoms with Crippen LogP contribution < -0.4 is 0 Å². The minimum atomic E-state index is -3.42. The van der Waals surface area contributed by atoms with Crippen LogP contribution in [0.25, 0.3) is 0 Å². The van der Waals surface area contributed by atoms with Gasteiger partial charge in [-0.05, 0) is 25.1 Å². The summed E-state index contributed by atoms with van der Waals surface area (Å²) in [6.07, 6.45) is 0.457. The molecule has 0 aliphatic heterocycles. The van der Waals surface area contributed by atoms with Crippen LogP contribution in [0.4, 0.5) is 0 Å². The summed E-state index contributed by atoms with van der Waals surface area (Å²) >= 11 is 0. The van der Waals surface area contributed by atoms with Crippen molar-refractivity contribution in [1.29, 1.82) is 0 Å². The van der Waals surface area contributed by atoms with Gasteiger partial charge in [0.1, 0.15) is 6.10 Å². The highest BCUT2D eigenvalue weighted by molar-refractivity contribution is 7.94. The third kappa shape index (κ3) is 3.89. The Hall–Kier alpha value is -1.57. The van der Waals surface area contributed by atoms with Crippen LogP contribution >= 0.6 is 0 Å². The molecule has 0 bridgehead atoms. The maximum Gasteiger partial charge on any atom is 0.200 e. The lowest BCUT2D eigenvalue weighted by molar-refractivity contribution is 0.253. The van der Waals surface area contributed by atoms with Gasteiger partial charge in [-0.15, -0.1) is 0 Å². The summed E-state index contributed by atoms with van der Waals surface area (Å²) in [6, 6.07) is 8.09. The number of hydrogen-bond acceptors (Lipinski definition) is 3. The number of benzene rings is 1. The Labute approximate surface area is 95.4 Å². The van der Waals surface area contributed by atoms with E-state index in [-0.39, 0.29) is 4.90 Å². The second-order valence-electron chi connectivity index (χ2n) is 3.13. The summed E-state index contributed by atoms with van der Waals surface area (Å²) in [5.74, 6) is 4.87. The third-order valence-corrected chi connectivity index (χ3v) is 3.12. The molecule has 1 aromatic carbocycles. The smallest absolute Gasteiger partial charge is 0.200 e. The Morgan fingerprint density at radius 1 is 1.31 bits per heavy atom. The lowest BCUT2D eigenvalue weighted by Crippen LogP contribution is -1.95. The van der Waals surface area contributed by atoms with E-state index in [9.17, 15) is 8.42 Å². The van der Waals surface area contributed by atoms with E-state index in [1.807, 2.05) is 0 Å². The highest BCUT2D eigenvalue weighted by Gasteiger charge is 2.07. The van der Waals surface area contributed by atoms with Crippen molar-refractivity contribution >= 4 is 9.84 Å². The average molecular weight is 236 g/mol. The standard InChI is InChI=1S/C12H12O3S/c1-11(13)7-5-6-10-16(14,15)12-8-3-2-4-9-12/h2-4,6,8-11,13H,1H3/b10-6+. The molecule has 0 spiro atoms. The van der Waals surface area contributed by atoms with Gasteiger partial charge in [0.15, 0.2) is 9.84 Å². The zero-order valence-corrected chi connectivity index (χ0v) is 9.61. The zero-order valence-electron chi connectivity index (χ0n) is 8.79. The van der Waals surface area contributed by atoms with Crippen LogP contribution in [0.5, 0.6) is 0 Å². The Kier molecular flexibility index (Phi) is 4.29. The second kappa shape index (κ2) is 5.50. The molecule has 84 valence electrons. The molecule has 3 nitrogen and oxygen atoms in total. The maximum atomic E-state index is 11.7. The largest absolute Gasteiger partial charge is 0.381 e. The lowest BCUT2D eigenvalue weighted by Gasteiger charge is -1.96. The van der Waals surface area contributed by atoms with E-state index in [0.29, 0.717) is 0 Å². The number of hydrogen-bond donors (Lipinski definition) is 1. The molecular formula is C12H12O3S. The highest BCUT2D eigenvalue weighted by Crippen LogP contribution is 2.10. The van der Waals surface area contributed by atoms with E-state index >= 15 is 0 Å². The first-order valence-corrected chi connectivity index (χ1v) is 6.23. The Morgan fingerprint density at radius 2 is 1.94 bits per heavy atom. The fourth-order valence-electron chi connectivity index (χ4n) is 0.981. The van der Waals surface area contributed by atoms with Gasteiger partial charge in [0.25, 0.3) is 0 Å². The first-order chi connectivity index (χ1) is 7.52. The summed E-state index contributed by atoms with van der Waals surface area (Å²) in [5, 5.41) is 9.87. The Bertz CT molecular complexity index is 516. The number of allylic oxidation sites excluding steroid dienone is 1. The van der Waals surface area contributed by atoms with E-state index in [0.717, 1.165) is 5.41 Å². The molecule has 0 aliphatic carbocycles. The Morgan fingerprint density at radius 3 is 2.50 bits per heavy atom. The maximum absolute atomic E-state index is 11.7. The molecule has 0 aromatic heterocycles. The number of sulfone groups is 1. The van der Waals surface area contributed by atoms with Gasteiger partial charge in [0.2, 0.25) is 0 Å². The van der Waals surface area contributed by atoms with Crippen molar-refractivity contribution in [3.63, 3.8) is 0 Å². The molecule has 0 aliphatic rings. The molecule has 0 fully saturated rings. The minimum absolute atomic E-state index is 0.227. The molecule has 0 heterocycles. The normalized spacial score (nSPS) is 13.1. The highest BCUT2D eigenvalue weighted by atomic mass is 32.2. The summed E-state index contributed by atoms with van der Waals surface area (Å²) in [6.45, 7) is 1.51. The third-order valence-electron chi connectivity index (χ3n) is 1.69. The summed E-state index contributed by atoms with van der Waals surface area (Å²) in [4.78, 5) is 0.227. The molecule has 1 atom stereocenters. The SMILES string of the molecule is CC(O)C#C/C=C/S(=O)(=O)c1ccccc1. The molecule has 1 N–H and O–H groups in total. The fourth-order valence-corrected chi connectivity index (χ4v) is 1.92. The van der Waals surface area contributed by atoms with Crippen LogP contribution in [-0.2, 0) is 9.84 Å².